The highest BCUT2D eigenvalue weighted by Gasteiger charge is 2.08. The second kappa shape index (κ2) is 4.99. The number of halogens is 1. The molecule has 1 aromatic carbocycles. The van der Waals surface area contributed by atoms with Crippen LogP contribution in [0.1, 0.15) is 18.6 Å². The van der Waals surface area contributed by atoms with Crippen LogP contribution in [0.5, 0.6) is 0 Å². The summed E-state index contributed by atoms with van der Waals surface area (Å²) in [5.41, 5.74) is 0.605. The van der Waals surface area contributed by atoms with Crippen LogP contribution in [-0.2, 0) is 0 Å². The van der Waals surface area contributed by atoms with Gasteiger partial charge in [0.05, 0.1) is 10.3 Å². The van der Waals surface area contributed by atoms with E-state index in [-0.39, 0.29) is 5.82 Å². The van der Waals surface area contributed by atoms with Crippen molar-refractivity contribution in [3.63, 3.8) is 0 Å². The lowest BCUT2D eigenvalue weighted by atomic mass is 10.1. The van der Waals surface area contributed by atoms with Crippen LogP contribution in [0.4, 0.5) is 4.39 Å². The number of rotatable bonds is 3. The van der Waals surface area contributed by atoms with Gasteiger partial charge in [0.2, 0.25) is 0 Å². The zero-order chi connectivity index (χ0) is 11.5. The Labute approximate surface area is 102 Å². The molecule has 0 saturated carbocycles. The zero-order valence-corrected chi connectivity index (χ0v) is 10.3. The molecule has 0 bridgehead atoms. The molecular weight excluding hydrogens is 243 g/mol. The van der Waals surface area contributed by atoms with Crippen molar-refractivity contribution in [1.82, 2.24) is 0 Å². The topological polar surface area (TPSA) is 20.2 Å². The molecule has 84 valence electrons. The molecule has 0 radical (unpaired) electrons. The molecule has 16 heavy (non-hydrogen) atoms. The van der Waals surface area contributed by atoms with Gasteiger partial charge in [-0.25, -0.2) is 4.39 Å². The largest absolute Gasteiger partial charge is 0.389 e. The molecule has 4 heteroatoms. The maximum atomic E-state index is 13.7. The van der Waals surface area contributed by atoms with Gasteiger partial charge in [0.15, 0.2) is 0 Å². The molecule has 0 saturated heterocycles. The molecule has 2 aromatic rings. The van der Waals surface area contributed by atoms with Gasteiger partial charge in [-0.05, 0) is 36.1 Å². The van der Waals surface area contributed by atoms with Crippen molar-refractivity contribution in [3.8, 4) is 0 Å². The summed E-state index contributed by atoms with van der Waals surface area (Å²) in [6.45, 7) is 1.63. The summed E-state index contributed by atoms with van der Waals surface area (Å²) < 4.78 is 14.7. The van der Waals surface area contributed by atoms with Gasteiger partial charge in [-0.1, -0.05) is 23.9 Å². The molecule has 1 heterocycles. The maximum Gasteiger partial charge on any atom is 0.137 e. The van der Waals surface area contributed by atoms with E-state index in [1.54, 1.807) is 30.4 Å². The van der Waals surface area contributed by atoms with Crippen LogP contribution in [0.3, 0.4) is 0 Å². The third-order valence-corrected chi connectivity index (χ3v) is 4.23. The molecule has 0 aliphatic carbocycles. The Morgan fingerprint density at radius 3 is 2.75 bits per heavy atom. The average molecular weight is 254 g/mol. The van der Waals surface area contributed by atoms with Crippen molar-refractivity contribution < 1.29 is 9.50 Å². The summed E-state index contributed by atoms with van der Waals surface area (Å²) in [6, 6.07) is 8.75. The van der Waals surface area contributed by atoms with Crippen LogP contribution in [0, 0.1) is 5.82 Å². The van der Waals surface area contributed by atoms with E-state index in [0.717, 1.165) is 4.21 Å². The molecule has 1 N–H and O–H groups in total. The predicted molar refractivity (Wildman–Crippen MR) is 65.5 cm³/mol. The number of hydrogen-bond donors (Lipinski definition) is 1. The van der Waals surface area contributed by atoms with E-state index in [9.17, 15) is 9.50 Å². The van der Waals surface area contributed by atoms with Gasteiger partial charge in [-0.3, -0.25) is 0 Å². The summed E-state index contributed by atoms with van der Waals surface area (Å²) in [6.07, 6.45) is -0.629. The zero-order valence-electron chi connectivity index (χ0n) is 8.68. The molecule has 1 atom stereocenters. The fourth-order valence-electron chi connectivity index (χ4n) is 1.29. The molecule has 0 aliphatic rings. The number of thiophene rings is 1. The SMILES string of the molecule is C[C@@H](O)c1ccc(Sc2cccs2)c(F)c1. The number of benzene rings is 1. The average Bonchev–Trinajstić information content (AvgIpc) is 2.73. The van der Waals surface area contributed by atoms with Gasteiger partial charge in [0.25, 0.3) is 0 Å². The first-order chi connectivity index (χ1) is 7.66. The third-order valence-electron chi connectivity index (χ3n) is 2.14. The lowest BCUT2D eigenvalue weighted by Crippen LogP contribution is -1.92. The van der Waals surface area contributed by atoms with E-state index in [1.165, 1.54) is 17.8 Å². The summed E-state index contributed by atoms with van der Waals surface area (Å²) in [4.78, 5) is 0.590. The maximum absolute atomic E-state index is 13.7. The van der Waals surface area contributed by atoms with Crippen molar-refractivity contribution in [2.24, 2.45) is 0 Å². The molecule has 0 fully saturated rings. The van der Waals surface area contributed by atoms with Crippen molar-refractivity contribution >= 4 is 23.1 Å². The normalized spacial score (nSPS) is 12.7. The van der Waals surface area contributed by atoms with Gasteiger partial charge >= 0.3 is 0 Å². The van der Waals surface area contributed by atoms with E-state index in [2.05, 4.69) is 0 Å². The smallest absolute Gasteiger partial charge is 0.137 e. The Morgan fingerprint density at radius 2 is 2.19 bits per heavy atom. The summed E-state index contributed by atoms with van der Waals surface area (Å²) in [5.74, 6) is -0.281. The Morgan fingerprint density at radius 1 is 1.38 bits per heavy atom. The molecule has 1 aromatic heterocycles. The van der Waals surface area contributed by atoms with Crippen molar-refractivity contribution in [2.75, 3.05) is 0 Å². The number of hydrogen-bond acceptors (Lipinski definition) is 3. The molecule has 1 nitrogen and oxygen atoms in total. The number of aliphatic hydroxyl groups excluding tert-OH is 1. The Kier molecular flexibility index (Phi) is 3.63. The molecule has 0 aliphatic heterocycles. The van der Waals surface area contributed by atoms with E-state index in [4.69, 9.17) is 0 Å². The minimum Gasteiger partial charge on any atom is -0.389 e. The van der Waals surface area contributed by atoms with Crippen LogP contribution >= 0.6 is 23.1 Å². The van der Waals surface area contributed by atoms with Crippen molar-refractivity contribution in [2.45, 2.75) is 22.1 Å². The third kappa shape index (κ3) is 2.64. The molecule has 0 unspecified atom stereocenters. The standard InChI is InChI=1S/C12H11FOS2/c1-8(14)9-4-5-11(10(13)7-9)16-12-3-2-6-15-12/h2-8,14H,1H3/t8-/m1/s1. The van der Waals surface area contributed by atoms with Gasteiger partial charge in [0, 0.05) is 4.90 Å². The molecule has 0 spiro atoms. The summed E-state index contributed by atoms with van der Waals surface area (Å²) in [7, 11) is 0. The molecular formula is C12H11FOS2. The van der Waals surface area contributed by atoms with E-state index in [0.29, 0.717) is 10.5 Å². The van der Waals surface area contributed by atoms with E-state index < -0.39 is 6.10 Å². The molecule has 2 rings (SSSR count). The van der Waals surface area contributed by atoms with Crippen LogP contribution < -0.4 is 0 Å². The fraction of sp³-hybridized carbons (Fsp3) is 0.167. The second-order valence-corrected chi connectivity index (χ2v) is 5.69. The van der Waals surface area contributed by atoms with Gasteiger partial charge < -0.3 is 5.11 Å². The Hall–Kier alpha value is -0.840. The highest BCUT2D eigenvalue weighted by molar-refractivity contribution is 8.01. The first-order valence-electron chi connectivity index (χ1n) is 4.85. The van der Waals surface area contributed by atoms with E-state index in [1.807, 2.05) is 17.5 Å². The Bertz CT molecular complexity index is 466. The van der Waals surface area contributed by atoms with Crippen LogP contribution in [0.15, 0.2) is 44.8 Å². The highest BCUT2D eigenvalue weighted by Crippen LogP contribution is 2.33. The lowest BCUT2D eigenvalue weighted by molar-refractivity contribution is 0.198. The van der Waals surface area contributed by atoms with Gasteiger partial charge in [-0.2, -0.15) is 0 Å². The quantitative estimate of drug-likeness (QED) is 0.890. The monoisotopic (exact) mass is 254 g/mol. The lowest BCUT2D eigenvalue weighted by Gasteiger charge is -2.07. The summed E-state index contributed by atoms with van der Waals surface area (Å²) in [5, 5.41) is 11.3. The van der Waals surface area contributed by atoms with Crippen molar-refractivity contribution in [3.05, 3.63) is 47.1 Å². The van der Waals surface area contributed by atoms with Gasteiger partial charge in [0.1, 0.15) is 5.82 Å². The minimum atomic E-state index is -0.629. The summed E-state index contributed by atoms with van der Waals surface area (Å²) >= 11 is 2.99. The van der Waals surface area contributed by atoms with Crippen LogP contribution in [0.25, 0.3) is 0 Å². The first kappa shape index (κ1) is 11.6. The Balaban J connectivity index is 2.23. The minimum absolute atomic E-state index is 0.281. The highest BCUT2D eigenvalue weighted by atomic mass is 32.2. The first-order valence-corrected chi connectivity index (χ1v) is 6.55. The predicted octanol–water partition coefficient (Wildman–Crippen LogP) is 4.09. The number of aliphatic hydroxyl groups is 1. The van der Waals surface area contributed by atoms with E-state index >= 15 is 0 Å². The second-order valence-electron chi connectivity index (χ2n) is 3.40. The fourth-order valence-corrected chi connectivity index (χ4v) is 3.02. The van der Waals surface area contributed by atoms with Crippen LogP contribution in [0.2, 0.25) is 0 Å². The van der Waals surface area contributed by atoms with Crippen LogP contribution in [-0.4, -0.2) is 5.11 Å². The van der Waals surface area contributed by atoms with Crippen molar-refractivity contribution in [1.29, 1.82) is 0 Å². The van der Waals surface area contributed by atoms with Gasteiger partial charge in [-0.15, -0.1) is 11.3 Å². The molecule has 0 amide bonds.